The first-order valence-corrected chi connectivity index (χ1v) is 7.37. The SMILES string of the molecule is CC(O)C(C)SCCC(N)(C(N)=O)c1ccccc1. The summed E-state index contributed by atoms with van der Waals surface area (Å²) in [5, 5.41) is 9.54. The van der Waals surface area contributed by atoms with Gasteiger partial charge < -0.3 is 16.6 Å². The Labute approximate surface area is 118 Å². The summed E-state index contributed by atoms with van der Waals surface area (Å²) in [5.74, 6) is 0.143. The minimum Gasteiger partial charge on any atom is -0.392 e. The number of hydrogen-bond donors (Lipinski definition) is 3. The predicted molar refractivity (Wildman–Crippen MR) is 79.7 cm³/mol. The summed E-state index contributed by atoms with van der Waals surface area (Å²) in [4.78, 5) is 11.7. The first-order chi connectivity index (χ1) is 8.88. The van der Waals surface area contributed by atoms with Crippen LogP contribution in [0.1, 0.15) is 25.8 Å². The van der Waals surface area contributed by atoms with E-state index in [2.05, 4.69) is 0 Å². The highest BCUT2D eigenvalue weighted by Gasteiger charge is 2.33. The number of carbonyl (C=O) groups is 1. The number of nitrogens with two attached hydrogens (primary N) is 2. The Balaban J connectivity index is 2.71. The van der Waals surface area contributed by atoms with Crippen molar-refractivity contribution in [3.8, 4) is 0 Å². The first kappa shape index (κ1) is 16.0. The van der Waals surface area contributed by atoms with Gasteiger partial charge in [0.05, 0.1) is 6.10 Å². The molecule has 0 radical (unpaired) electrons. The van der Waals surface area contributed by atoms with Crippen molar-refractivity contribution in [3.63, 3.8) is 0 Å². The fourth-order valence-electron chi connectivity index (χ4n) is 1.69. The molecule has 0 aromatic heterocycles. The number of aliphatic hydroxyl groups excluding tert-OH is 1. The van der Waals surface area contributed by atoms with Crippen molar-refractivity contribution in [1.82, 2.24) is 0 Å². The fourth-order valence-corrected chi connectivity index (χ4v) is 2.78. The summed E-state index contributed by atoms with van der Waals surface area (Å²) in [6.07, 6.45) is 0.0659. The quantitative estimate of drug-likeness (QED) is 0.701. The maximum Gasteiger partial charge on any atom is 0.242 e. The van der Waals surface area contributed by atoms with Crippen LogP contribution in [0.25, 0.3) is 0 Å². The van der Waals surface area contributed by atoms with E-state index in [4.69, 9.17) is 11.5 Å². The van der Waals surface area contributed by atoms with Crippen LogP contribution >= 0.6 is 11.8 Å². The lowest BCUT2D eigenvalue weighted by molar-refractivity contribution is -0.123. The van der Waals surface area contributed by atoms with Crippen molar-refractivity contribution in [2.24, 2.45) is 11.5 Å². The highest BCUT2D eigenvalue weighted by molar-refractivity contribution is 7.99. The number of hydrogen-bond acceptors (Lipinski definition) is 4. The van der Waals surface area contributed by atoms with Gasteiger partial charge >= 0.3 is 0 Å². The molecule has 0 bridgehead atoms. The van der Waals surface area contributed by atoms with Crippen LogP contribution in [0.2, 0.25) is 0 Å². The van der Waals surface area contributed by atoms with Crippen LogP contribution < -0.4 is 11.5 Å². The molecule has 0 heterocycles. The molecule has 0 aliphatic carbocycles. The van der Waals surface area contributed by atoms with E-state index < -0.39 is 11.4 Å². The molecule has 1 aromatic carbocycles. The monoisotopic (exact) mass is 282 g/mol. The zero-order valence-corrected chi connectivity index (χ0v) is 12.2. The number of primary amides is 1. The largest absolute Gasteiger partial charge is 0.392 e. The molecule has 5 heteroatoms. The van der Waals surface area contributed by atoms with Gasteiger partial charge in [-0.15, -0.1) is 0 Å². The van der Waals surface area contributed by atoms with E-state index in [1.807, 2.05) is 37.3 Å². The van der Waals surface area contributed by atoms with Crippen molar-refractivity contribution in [2.75, 3.05) is 5.75 Å². The minimum atomic E-state index is -1.15. The van der Waals surface area contributed by atoms with Gasteiger partial charge in [0.2, 0.25) is 5.91 Å². The van der Waals surface area contributed by atoms with Crippen molar-refractivity contribution >= 4 is 17.7 Å². The highest BCUT2D eigenvalue weighted by atomic mass is 32.2. The molecule has 4 nitrogen and oxygen atoms in total. The summed E-state index contributed by atoms with van der Waals surface area (Å²) in [7, 11) is 0. The Morgan fingerprint density at radius 3 is 2.42 bits per heavy atom. The molecule has 3 atom stereocenters. The predicted octanol–water partition coefficient (Wildman–Crippen LogP) is 1.22. The standard InChI is InChI=1S/C14H22N2O2S/c1-10(17)11(2)19-9-8-14(16,13(15)18)12-6-4-3-5-7-12/h3-7,10-11,17H,8-9,16H2,1-2H3,(H2,15,18). The third kappa shape index (κ3) is 4.23. The summed E-state index contributed by atoms with van der Waals surface area (Å²) < 4.78 is 0. The average Bonchev–Trinajstić information content (AvgIpc) is 2.39. The Bertz CT molecular complexity index is 411. The van der Waals surface area contributed by atoms with Crippen molar-refractivity contribution in [3.05, 3.63) is 35.9 Å². The van der Waals surface area contributed by atoms with E-state index in [0.717, 1.165) is 5.56 Å². The Hall–Kier alpha value is -1.04. The topological polar surface area (TPSA) is 89.3 Å². The molecule has 0 fully saturated rings. The highest BCUT2D eigenvalue weighted by Crippen LogP contribution is 2.26. The molecule has 0 spiro atoms. The molecule has 0 saturated carbocycles. The molecule has 0 saturated heterocycles. The second kappa shape index (κ2) is 6.93. The zero-order valence-electron chi connectivity index (χ0n) is 11.4. The Morgan fingerprint density at radius 1 is 1.37 bits per heavy atom. The van der Waals surface area contributed by atoms with Crippen LogP contribution in [-0.4, -0.2) is 28.1 Å². The molecule has 19 heavy (non-hydrogen) atoms. The molecule has 1 amide bonds. The molecule has 106 valence electrons. The van der Waals surface area contributed by atoms with Crippen LogP contribution in [0.5, 0.6) is 0 Å². The third-order valence-corrected chi connectivity index (χ3v) is 4.64. The van der Waals surface area contributed by atoms with Crippen molar-refractivity contribution in [1.29, 1.82) is 0 Å². The Kier molecular flexibility index (Phi) is 5.85. The summed E-state index contributed by atoms with van der Waals surface area (Å²) in [5.41, 5.74) is 11.2. The van der Waals surface area contributed by atoms with Crippen LogP contribution in [-0.2, 0) is 10.3 Å². The first-order valence-electron chi connectivity index (χ1n) is 6.32. The molecule has 5 N–H and O–H groups in total. The van der Waals surface area contributed by atoms with Gasteiger partial charge in [0, 0.05) is 5.25 Å². The van der Waals surface area contributed by atoms with Gasteiger partial charge in [-0.25, -0.2) is 0 Å². The Morgan fingerprint density at radius 2 is 1.95 bits per heavy atom. The van der Waals surface area contributed by atoms with Gasteiger partial charge in [0.25, 0.3) is 0 Å². The molecule has 0 aliphatic heterocycles. The molecular formula is C14H22N2O2S. The summed E-state index contributed by atoms with van der Waals surface area (Å²) >= 11 is 1.59. The van der Waals surface area contributed by atoms with Crippen LogP contribution in [0.4, 0.5) is 0 Å². The molecule has 1 aromatic rings. The molecular weight excluding hydrogens is 260 g/mol. The smallest absolute Gasteiger partial charge is 0.242 e. The molecule has 1 rings (SSSR count). The van der Waals surface area contributed by atoms with Gasteiger partial charge in [0.15, 0.2) is 0 Å². The number of thioether (sulfide) groups is 1. The molecule has 3 unspecified atom stereocenters. The number of aliphatic hydroxyl groups is 1. The van der Waals surface area contributed by atoms with Gasteiger partial charge in [-0.2, -0.15) is 11.8 Å². The fraction of sp³-hybridized carbons (Fsp3) is 0.500. The second-order valence-electron chi connectivity index (χ2n) is 4.77. The van der Waals surface area contributed by atoms with Gasteiger partial charge in [-0.05, 0) is 24.7 Å². The summed E-state index contributed by atoms with van der Waals surface area (Å²) in [6.45, 7) is 3.69. The van der Waals surface area contributed by atoms with Crippen LogP contribution in [0.3, 0.4) is 0 Å². The number of carbonyl (C=O) groups excluding carboxylic acids is 1. The molecule has 0 aliphatic rings. The van der Waals surface area contributed by atoms with E-state index in [1.165, 1.54) is 0 Å². The van der Waals surface area contributed by atoms with Gasteiger partial charge in [0.1, 0.15) is 5.54 Å². The van der Waals surface area contributed by atoms with E-state index in [9.17, 15) is 9.90 Å². The number of rotatable bonds is 7. The third-order valence-electron chi connectivity index (χ3n) is 3.29. The van der Waals surface area contributed by atoms with Crippen LogP contribution in [0.15, 0.2) is 30.3 Å². The van der Waals surface area contributed by atoms with E-state index >= 15 is 0 Å². The number of benzene rings is 1. The number of amides is 1. The average molecular weight is 282 g/mol. The second-order valence-corrected chi connectivity index (χ2v) is 6.25. The van der Waals surface area contributed by atoms with Crippen LogP contribution in [0, 0.1) is 0 Å². The van der Waals surface area contributed by atoms with Crippen molar-refractivity contribution < 1.29 is 9.90 Å². The van der Waals surface area contributed by atoms with Gasteiger partial charge in [-0.1, -0.05) is 37.3 Å². The summed E-state index contributed by atoms with van der Waals surface area (Å²) in [6, 6.07) is 9.17. The zero-order chi connectivity index (χ0) is 14.5. The van der Waals surface area contributed by atoms with Crippen molar-refractivity contribution in [2.45, 2.75) is 37.2 Å². The maximum absolute atomic E-state index is 11.7. The lowest BCUT2D eigenvalue weighted by atomic mass is 9.88. The van der Waals surface area contributed by atoms with E-state index in [-0.39, 0.29) is 11.4 Å². The lowest BCUT2D eigenvalue weighted by Gasteiger charge is -2.27. The normalized spacial score (nSPS) is 17.5. The van der Waals surface area contributed by atoms with Gasteiger partial charge in [-0.3, -0.25) is 4.79 Å². The van der Waals surface area contributed by atoms with E-state index in [1.54, 1.807) is 18.7 Å². The minimum absolute atomic E-state index is 0.105. The lowest BCUT2D eigenvalue weighted by Crippen LogP contribution is -2.49. The maximum atomic E-state index is 11.7. The van der Waals surface area contributed by atoms with E-state index in [0.29, 0.717) is 12.2 Å².